The van der Waals surface area contributed by atoms with Gasteiger partial charge in [0.05, 0.1) is 0 Å². The van der Waals surface area contributed by atoms with Crippen LogP contribution in [0.4, 0.5) is 0 Å². The average molecular weight is 262 g/mol. The Morgan fingerprint density at radius 3 is 2.58 bits per heavy atom. The Kier molecular flexibility index (Phi) is 5.25. The fraction of sp³-hybridized carbons (Fsp3) is 0.562. The molecule has 19 heavy (non-hydrogen) atoms. The number of benzene rings is 1. The lowest BCUT2D eigenvalue weighted by molar-refractivity contribution is 0.0978. The Hall–Kier alpha value is -1.51. The highest BCUT2D eigenvalue weighted by Crippen LogP contribution is 2.31. The number of hydrogen-bond acceptors (Lipinski definition) is 3. The summed E-state index contributed by atoms with van der Waals surface area (Å²) in [5.41, 5.74) is 0.736. The predicted octanol–water partition coefficient (Wildman–Crippen LogP) is 4.00. The van der Waals surface area contributed by atoms with Crippen molar-refractivity contribution in [3.05, 3.63) is 23.8 Å². The van der Waals surface area contributed by atoms with Gasteiger partial charge in [-0.1, -0.05) is 32.6 Å². The molecule has 1 aromatic carbocycles. The van der Waals surface area contributed by atoms with Crippen LogP contribution in [0.25, 0.3) is 0 Å². The van der Waals surface area contributed by atoms with E-state index in [1.165, 1.54) is 19.3 Å². The van der Waals surface area contributed by atoms with Crippen LogP contribution in [-0.2, 0) is 0 Å². The van der Waals surface area contributed by atoms with Crippen molar-refractivity contribution in [2.45, 2.75) is 45.4 Å². The van der Waals surface area contributed by atoms with E-state index in [1.54, 1.807) is 0 Å². The van der Waals surface area contributed by atoms with E-state index in [9.17, 15) is 4.79 Å². The number of hydrogen-bond donors (Lipinski definition) is 0. The van der Waals surface area contributed by atoms with E-state index in [0.29, 0.717) is 25.4 Å². The molecule has 0 spiro atoms. The van der Waals surface area contributed by atoms with E-state index in [-0.39, 0.29) is 5.78 Å². The quantitative estimate of drug-likeness (QED) is 0.550. The molecule has 3 heteroatoms. The molecule has 104 valence electrons. The molecule has 0 N–H and O–H groups in total. The third-order valence-corrected chi connectivity index (χ3v) is 3.37. The van der Waals surface area contributed by atoms with Gasteiger partial charge in [-0.3, -0.25) is 4.79 Å². The van der Waals surface area contributed by atoms with E-state index in [1.807, 2.05) is 18.2 Å². The highest BCUT2D eigenvalue weighted by molar-refractivity contribution is 5.96. The number of ketones is 1. The first-order chi connectivity index (χ1) is 9.31. The number of fused-ring (bicyclic) bond motifs is 1. The predicted molar refractivity (Wildman–Crippen MR) is 75.1 cm³/mol. The van der Waals surface area contributed by atoms with Crippen LogP contribution >= 0.6 is 0 Å². The van der Waals surface area contributed by atoms with Crippen LogP contribution in [0, 0.1) is 0 Å². The molecule has 1 aliphatic heterocycles. The fourth-order valence-electron chi connectivity index (χ4n) is 2.25. The Morgan fingerprint density at radius 2 is 1.79 bits per heavy atom. The molecule has 0 aliphatic carbocycles. The third-order valence-electron chi connectivity index (χ3n) is 3.37. The van der Waals surface area contributed by atoms with E-state index >= 15 is 0 Å². The first kappa shape index (κ1) is 13.9. The van der Waals surface area contributed by atoms with Gasteiger partial charge in [0.1, 0.15) is 13.2 Å². The van der Waals surface area contributed by atoms with Crippen LogP contribution in [-0.4, -0.2) is 19.0 Å². The number of Topliss-reactive ketones (excluding diaryl/α,β-unsaturated/α-hetero) is 1. The second-order valence-corrected chi connectivity index (χ2v) is 4.95. The van der Waals surface area contributed by atoms with E-state index < -0.39 is 0 Å². The molecule has 0 unspecified atom stereocenters. The summed E-state index contributed by atoms with van der Waals surface area (Å²) in [4.78, 5) is 12.1. The van der Waals surface area contributed by atoms with Crippen molar-refractivity contribution in [3.8, 4) is 11.5 Å². The van der Waals surface area contributed by atoms with Gasteiger partial charge >= 0.3 is 0 Å². The Labute approximate surface area is 114 Å². The van der Waals surface area contributed by atoms with Gasteiger partial charge in [0, 0.05) is 12.0 Å². The lowest BCUT2D eigenvalue weighted by Gasteiger charge is -2.18. The maximum Gasteiger partial charge on any atom is 0.163 e. The third kappa shape index (κ3) is 3.98. The van der Waals surface area contributed by atoms with E-state index in [4.69, 9.17) is 9.47 Å². The molecule has 0 fully saturated rings. The topological polar surface area (TPSA) is 35.5 Å². The van der Waals surface area contributed by atoms with Crippen LogP contribution in [0.2, 0.25) is 0 Å². The zero-order valence-corrected chi connectivity index (χ0v) is 11.6. The van der Waals surface area contributed by atoms with Crippen molar-refractivity contribution in [1.29, 1.82) is 0 Å². The number of rotatable bonds is 7. The largest absolute Gasteiger partial charge is 0.486 e. The minimum Gasteiger partial charge on any atom is -0.486 e. The van der Waals surface area contributed by atoms with Gasteiger partial charge in [-0.05, 0) is 24.6 Å². The van der Waals surface area contributed by atoms with Crippen LogP contribution < -0.4 is 9.47 Å². The standard InChI is InChI=1S/C16H22O3/c1-2-3-4-5-6-7-14(17)13-8-9-15-16(12-13)19-11-10-18-15/h8-9,12H,2-7,10-11H2,1H3. The zero-order valence-electron chi connectivity index (χ0n) is 11.6. The van der Waals surface area contributed by atoms with Crippen LogP contribution in [0.1, 0.15) is 55.8 Å². The highest BCUT2D eigenvalue weighted by atomic mass is 16.6. The first-order valence-corrected chi connectivity index (χ1v) is 7.24. The molecule has 2 rings (SSSR count). The van der Waals surface area contributed by atoms with E-state index in [0.717, 1.165) is 24.2 Å². The molecular formula is C16H22O3. The second-order valence-electron chi connectivity index (χ2n) is 4.95. The molecule has 0 atom stereocenters. The molecule has 0 saturated heterocycles. The summed E-state index contributed by atoms with van der Waals surface area (Å²) in [7, 11) is 0. The summed E-state index contributed by atoms with van der Waals surface area (Å²) in [6, 6.07) is 5.48. The zero-order chi connectivity index (χ0) is 13.5. The van der Waals surface area contributed by atoms with Gasteiger partial charge < -0.3 is 9.47 Å². The number of carbonyl (C=O) groups is 1. The Bertz CT molecular complexity index is 426. The first-order valence-electron chi connectivity index (χ1n) is 7.24. The molecule has 0 saturated carbocycles. The van der Waals surface area contributed by atoms with Crippen molar-refractivity contribution in [3.63, 3.8) is 0 Å². The molecule has 1 aliphatic rings. The Morgan fingerprint density at radius 1 is 1.05 bits per heavy atom. The van der Waals surface area contributed by atoms with Crippen molar-refractivity contribution in [2.75, 3.05) is 13.2 Å². The summed E-state index contributed by atoms with van der Waals surface area (Å²) in [6.45, 7) is 3.33. The van der Waals surface area contributed by atoms with Crippen molar-refractivity contribution < 1.29 is 14.3 Å². The van der Waals surface area contributed by atoms with Gasteiger partial charge in [-0.25, -0.2) is 0 Å². The maximum absolute atomic E-state index is 12.1. The van der Waals surface area contributed by atoms with Crippen LogP contribution in [0.15, 0.2) is 18.2 Å². The molecular weight excluding hydrogens is 240 g/mol. The molecule has 0 radical (unpaired) electrons. The van der Waals surface area contributed by atoms with Gasteiger partial charge in [0.15, 0.2) is 17.3 Å². The lowest BCUT2D eigenvalue weighted by Crippen LogP contribution is -2.15. The van der Waals surface area contributed by atoms with Gasteiger partial charge in [-0.15, -0.1) is 0 Å². The Balaban J connectivity index is 1.85. The molecule has 1 heterocycles. The molecule has 0 bridgehead atoms. The SMILES string of the molecule is CCCCCCCC(=O)c1ccc2c(c1)OCCO2. The normalized spacial score (nSPS) is 13.3. The van der Waals surface area contributed by atoms with Crippen molar-refractivity contribution in [2.24, 2.45) is 0 Å². The average Bonchev–Trinajstić information content (AvgIpc) is 2.46. The molecule has 0 aromatic heterocycles. The summed E-state index contributed by atoms with van der Waals surface area (Å²) < 4.78 is 10.9. The van der Waals surface area contributed by atoms with Gasteiger partial charge in [0.2, 0.25) is 0 Å². The molecule has 3 nitrogen and oxygen atoms in total. The molecule has 0 amide bonds. The number of unbranched alkanes of at least 4 members (excludes halogenated alkanes) is 4. The fourth-order valence-corrected chi connectivity index (χ4v) is 2.25. The smallest absolute Gasteiger partial charge is 0.163 e. The van der Waals surface area contributed by atoms with Crippen molar-refractivity contribution in [1.82, 2.24) is 0 Å². The minimum atomic E-state index is 0.202. The second kappa shape index (κ2) is 7.17. The minimum absolute atomic E-state index is 0.202. The maximum atomic E-state index is 12.1. The number of ether oxygens (including phenoxy) is 2. The molecule has 1 aromatic rings. The van der Waals surface area contributed by atoms with Gasteiger partial charge in [-0.2, -0.15) is 0 Å². The van der Waals surface area contributed by atoms with Crippen LogP contribution in [0.3, 0.4) is 0 Å². The summed E-state index contributed by atoms with van der Waals surface area (Å²) in [6.07, 6.45) is 6.47. The highest BCUT2D eigenvalue weighted by Gasteiger charge is 2.14. The van der Waals surface area contributed by atoms with Gasteiger partial charge in [0.25, 0.3) is 0 Å². The monoisotopic (exact) mass is 262 g/mol. The summed E-state index contributed by atoms with van der Waals surface area (Å²) >= 11 is 0. The van der Waals surface area contributed by atoms with Crippen molar-refractivity contribution >= 4 is 5.78 Å². The lowest BCUT2D eigenvalue weighted by atomic mass is 10.0. The summed E-state index contributed by atoms with van der Waals surface area (Å²) in [5, 5.41) is 0. The van der Waals surface area contributed by atoms with Crippen LogP contribution in [0.5, 0.6) is 11.5 Å². The van der Waals surface area contributed by atoms with E-state index in [2.05, 4.69) is 6.92 Å². The summed E-state index contributed by atoms with van der Waals surface area (Å²) in [5.74, 6) is 1.64. The number of carbonyl (C=O) groups excluding carboxylic acids is 1.